The highest BCUT2D eigenvalue weighted by molar-refractivity contribution is 8.01. The molecule has 8 nitrogen and oxygen atoms in total. The van der Waals surface area contributed by atoms with Gasteiger partial charge in [0.15, 0.2) is 15.8 Å². The monoisotopic (exact) mass is 471 g/mol. The van der Waals surface area contributed by atoms with E-state index in [0.29, 0.717) is 32.5 Å². The van der Waals surface area contributed by atoms with Crippen LogP contribution in [-0.2, 0) is 6.54 Å². The van der Waals surface area contributed by atoms with Gasteiger partial charge in [0.05, 0.1) is 5.52 Å². The number of hydrogen-bond donors (Lipinski definition) is 2. The molecule has 31 heavy (non-hydrogen) atoms. The van der Waals surface area contributed by atoms with Crippen molar-refractivity contribution in [1.82, 2.24) is 20.5 Å². The molecular weight excluding hydrogens is 458 g/mol. The number of pyridine rings is 1. The molecule has 2 amide bonds. The molecule has 0 fully saturated rings. The molecule has 1 aliphatic heterocycles. The number of amides is 2. The minimum atomic E-state index is -0.366. The van der Waals surface area contributed by atoms with Crippen molar-refractivity contribution < 1.29 is 14.3 Å². The molecule has 0 spiro atoms. The van der Waals surface area contributed by atoms with Gasteiger partial charge in [0.2, 0.25) is 11.9 Å². The van der Waals surface area contributed by atoms with Crippen molar-refractivity contribution in [3.63, 3.8) is 0 Å². The lowest BCUT2D eigenvalue weighted by molar-refractivity contribution is 0.174. The van der Waals surface area contributed by atoms with E-state index in [9.17, 15) is 4.79 Å². The number of fused-ring (bicyclic) bond motifs is 2. The van der Waals surface area contributed by atoms with E-state index >= 15 is 0 Å². The van der Waals surface area contributed by atoms with E-state index in [-0.39, 0.29) is 12.8 Å². The Morgan fingerprint density at radius 2 is 2.03 bits per heavy atom. The number of rotatable bonds is 5. The molecule has 11 heteroatoms. The molecule has 0 saturated carbocycles. The molecule has 1 aliphatic rings. The van der Waals surface area contributed by atoms with E-state index in [4.69, 9.17) is 21.1 Å². The summed E-state index contributed by atoms with van der Waals surface area (Å²) in [6.45, 7) is 0.557. The lowest BCUT2D eigenvalue weighted by Gasteiger charge is -2.06. The van der Waals surface area contributed by atoms with Gasteiger partial charge in [0, 0.05) is 28.0 Å². The van der Waals surface area contributed by atoms with Crippen molar-refractivity contribution in [2.75, 3.05) is 12.1 Å². The molecule has 2 aromatic carbocycles. The first kappa shape index (κ1) is 19.9. The summed E-state index contributed by atoms with van der Waals surface area (Å²) in [5.74, 6) is 1.38. The van der Waals surface area contributed by atoms with Crippen LogP contribution in [0.4, 0.5) is 9.93 Å². The average molecular weight is 472 g/mol. The van der Waals surface area contributed by atoms with Gasteiger partial charge in [-0.3, -0.25) is 10.3 Å². The van der Waals surface area contributed by atoms with Crippen LogP contribution in [0.5, 0.6) is 11.5 Å². The number of aromatic nitrogens is 3. The Kier molecular flexibility index (Phi) is 5.49. The lowest BCUT2D eigenvalue weighted by Crippen LogP contribution is -2.28. The fourth-order valence-electron chi connectivity index (χ4n) is 2.95. The number of nitrogens with one attached hydrogen (secondary N) is 2. The van der Waals surface area contributed by atoms with Crippen molar-refractivity contribution in [2.45, 2.75) is 15.8 Å². The number of halogens is 1. The van der Waals surface area contributed by atoms with Gasteiger partial charge in [-0.05, 0) is 35.9 Å². The first-order chi connectivity index (χ1) is 15.1. The molecule has 0 atom stereocenters. The molecule has 5 rings (SSSR count). The number of carbonyl (C=O) groups excluding carboxylic acids is 1. The van der Waals surface area contributed by atoms with Crippen LogP contribution < -0.4 is 20.1 Å². The van der Waals surface area contributed by atoms with Crippen LogP contribution in [0.2, 0.25) is 5.02 Å². The van der Waals surface area contributed by atoms with Gasteiger partial charge in [0.25, 0.3) is 0 Å². The van der Waals surface area contributed by atoms with Gasteiger partial charge in [0.1, 0.15) is 0 Å². The summed E-state index contributed by atoms with van der Waals surface area (Å²) in [4.78, 5) is 17.6. The summed E-state index contributed by atoms with van der Waals surface area (Å²) in [7, 11) is 0. The van der Waals surface area contributed by atoms with Crippen molar-refractivity contribution in [2.24, 2.45) is 0 Å². The summed E-state index contributed by atoms with van der Waals surface area (Å²) in [6.07, 6.45) is 1.73. The van der Waals surface area contributed by atoms with Crippen LogP contribution >= 0.6 is 34.7 Å². The van der Waals surface area contributed by atoms with Crippen molar-refractivity contribution in [3.8, 4) is 11.5 Å². The Hall–Kier alpha value is -3.08. The minimum Gasteiger partial charge on any atom is -0.454 e. The van der Waals surface area contributed by atoms with Crippen LogP contribution in [0.3, 0.4) is 0 Å². The molecular formula is C20H14ClN5O3S2. The standard InChI is InChI=1S/C20H14ClN5O3S2/c21-12-2-3-13-14(8-12)22-6-5-17(13)30-20-26-25-19(31-20)24-18(27)23-9-11-1-4-15-16(7-11)29-10-28-15/h1-8H,9-10H2,(H2,23,24,25,27). The summed E-state index contributed by atoms with van der Waals surface area (Å²) >= 11 is 8.80. The molecule has 0 radical (unpaired) electrons. The molecule has 2 N–H and O–H groups in total. The normalized spacial score (nSPS) is 12.2. The smallest absolute Gasteiger partial charge is 0.321 e. The van der Waals surface area contributed by atoms with E-state index in [1.807, 2.05) is 42.5 Å². The summed E-state index contributed by atoms with van der Waals surface area (Å²) in [5, 5.41) is 15.7. The Morgan fingerprint density at radius 3 is 2.97 bits per heavy atom. The van der Waals surface area contributed by atoms with E-state index < -0.39 is 0 Å². The van der Waals surface area contributed by atoms with E-state index in [1.165, 1.54) is 23.1 Å². The first-order valence-electron chi connectivity index (χ1n) is 9.13. The van der Waals surface area contributed by atoms with Gasteiger partial charge in [-0.1, -0.05) is 46.8 Å². The van der Waals surface area contributed by atoms with Crippen molar-refractivity contribution >= 4 is 56.8 Å². The minimum absolute atomic E-state index is 0.215. The number of nitrogens with zero attached hydrogens (tertiary/aromatic N) is 3. The Labute approximate surface area is 189 Å². The molecule has 0 saturated heterocycles. The zero-order valence-electron chi connectivity index (χ0n) is 15.8. The number of ether oxygens (including phenoxy) is 2. The van der Waals surface area contributed by atoms with Crippen LogP contribution in [-0.4, -0.2) is 28.0 Å². The molecule has 156 valence electrons. The predicted octanol–water partition coefficient (Wildman–Crippen LogP) is 4.94. The highest BCUT2D eigenvalue weighted by atomic mass is 35.5. The number of carbonyl (C=O) groups is 1. The second kappa shape index (κ2) is 8.58. The van der Waals surface area contributed by atoms with E-state index in [1.54, 1.807) is 6.20 Å². The predicted molar refractivity (Wildman–Crippen MR) is 119 cm³/mol. The van der Waals surface area contributed by atoms with Gasteiger partial charge in [-0.25, -0.2) is 4.79 Å². The average Bonchev–Trinajstić information content (AvgIpc) is 3.41. The number of benzene rings is 2. The highest BCUT2D eigenvalue weighted by Crippen LogP contribution is 2.36. The SMILES string of the molecule is O=C(NCc1ccc2c(c1)OCO2)Nc1nnc(Sc2ccnc3cc(Cl)ccc23)s1. The van der Waals surface area contributed by atoms with Crippen LogP contribution in [0.15, 0.2) is 57.9 Å². The summed E-state index contributed by atoms with van der Waals surface area (Å²) in [5.41, 5.74) is 1.71. The maximum absolute atomic E-state index is 12.2. The lowest BCUT2D eigenvalue weighted by atomic mass is 10.2. The molecule has 0 aliphatic carbocycles. The largest absolute Gasteiger partial charge is 0.454 e. The molecule has 2 aromatic heterocycles. The maximum atomic E-state index is 12.2. The number of hydrogen-bond acceptors (Lipinski definition) is 8. The van der Waals surface area contributed by atoms with Crippen LogP contribution in [0.1, 0.15) is 5.56 Å². The summed E-state index contributed by atoms with van der Waals surface area (Å²) in [6, 6.07) is 12.7. The fourth-order valence-corrected chi connectivity index (χ4v) is 4.95. The van der Waals surface area contributed by atoms with Gasteiger partial charge in [-0.2, -0.15) is 0 Å². The quantitative estimate of drug-likeness (QED) is 0.398. The van der Waals surface area contributed by atoms with Gasteiger partial charge < -0.3 is 14.8 Å². The van der Waals surface area contributed by atoms with E-state index in [0.717, 1.165) is 21.4 Å². The third kappa shape index (κ3) is 4.50. The third-order valence-corrected chi connectivity index (χ3v) is 6.58. The van der Waals surface area contributed by atoms with Crippen molar-refractivity contribution in [1.29, 1.82) is 0 Å². The van der Waals surface area contributed by atoms with Gasteiger partial charge >= 0.3 is 6.03 Å². The Bertz CT molecular complexity index is 1280. The van der Waals surface area contributed by atoms with Crippen LogP contribution in [0, 0.1) is 0 Å². The Balaban J connectivity index is 1.20. The zero-order valence-corrected chi connectivity index (χ0v) is 18.2. The zero-order chi connectivity index (χ0) is 21.2. The summed E-state index contributed by atoms with van der Waals surface area (Å²) < 4.78 is 11.3. The number of urea groups is 1. The first-order valence-corrected chi connectivity index (χ1v) is 11.1. The van der Waals surface area contributed by atoms with Crippen LogP contribution in [0.25, 0.3) is 10.9 Å². The molecule has 0 bridgehead atoms. The second-order valence-electron chi connectivity index (χ2n) is 6.44. The third-order valence-electron chi connectivity index (χ3n) is 4.38. The topological polar surface area (TPSA) is 98.3 Å². The molecule has 4 aromatic rings. The maximum Gasteiger partial charge on any atom is 0.321 e. The Morgan fingerprint density at radius 1 is 1.13 bits per heavy atom. The van der Waals surface area contributed by atoms with Gasteiger partial charge in [-0.15, -0.1) is 10.2 Å². The van der Waals surface area contributed by atoms with E-state index in [2.05, 4.69) is 25.8 Å². The fraction of sp³-hybridized carbons (Fsp3) is 0.100. The second-order valence-corrected chi connectivity index (χ2v) is 9.14. The van der Waals surface area contributed by atoms with Crippen molar-refractivity contribution in [3.05, 3.63) is 59.2 Å². The molecule has 3 heterocycles. The molecule has 0 unspecified atom stereocenters. The number of anilines is 1. The highest BCUT2D eigenvalue weighted by Gasteiger charge is 2.14.